The molecule has 3 aliphatic rings. The lowest BCUT2D eigenvalue weighted by Gasteiger charge is -2.34. The SMILES string of the molecule is C=C(C)CCCC1CCC(CN2N=C(C3=CCCC=C3)C(c3ccccc3)C2CC)CC1. The highest BCUT2D eigenvalue weighted by Crippen LogP contribution is 2.39. The Morgan fingerprint density at radius 3 is 2.47 bits per heavy atom. The molecule has 2 heteroatoms. The van der Waals surface area contributed by atoms with Crippen molar-refractivity contribution in [2.24, 2.45) is 16.9 Å². The minimum absolute atomic E-state index is 0.383. The molecular weight excluding hydrogens is 388 g/mol. The lowest BCUT2D eigenvalue weighted by Crippen LogP contribution is -2.36. The van der Waals surface area contributed by atoms with Crippen molar-refractivity contribution < 1.29 is 0 Å². The van der Waals surface area contributed by atoms with Crippen molar-refractivity contribution in [2.75, 3.05) is 6.54 Å². The Labute approximate surface area is 196 Å². The van der Waals surface area contributed by atoms with Gasteiger partial charge in [-0.05, 0) is 74.8 Å². The molecule has 0 radical (unpaired) electrons. The molecule has 32 heavy (non-hydrogen) atoms. The summed E-state index contributed by atoms with van der Waals surface area (Å²) in [6.45, 7) is 9.69. The monoisotopic (exact) mass is 430 g/mol. The molecule has 172 valence electrons. The first-order valence-corrected chi connectivity index (χ1v) is 13.1. The van der Waals surface area contributed by atoms with E-state index in [1.807, 2.05) is 0 Å². The van der Waals surface area contributed by atoms with Gasteiger partial charge in [0.1, 0.15) is 0 Å². The molecule has 1 aliphatic heterocycles. The molecule has 2 aliphatic carbocycles. The van der Waals surface area contributed by atoms with Crippen LogP contribution in [-0.2, 0) is 0 Å². The van der Waals surface area contributed by atoms with Crippen LogP contribution in [0.4, 0.5) is 0 Å². The van der Waals surface area contributed by atoms with Gasteiger partial charge in [0.05, 0.1) is 17.7 Å². The van der Waals surface area contributed by atoms with Gasteiger partial charge in [-0.2, -0.15) is 5.10 Å². The van der Waals surface area contributed by atoms with Crippen LogP contribution < -0.4 is 0 Å². The number of hydrazone groups is 1. The normalized spacial score (nSPS) is 27.9. The quantitative estimate of drug-likeness (QED) is 0.362. The van der Waals surface area contributed by atoms with Crippen LogP contribution in [0.3, 0.4) is 0 Å². The Hall–Kier alpha value is -2.09. The van der Waals surface area contributed by atoms with Crippen molar-refractivity contribution >= 4 is 5.71 Å². The number of rotatable bonds is 9. The highest BCUT2D eigenvalue weighted by atomic mass is 15.5. The first-order valence-electron chi connectivity index (χ1n) is 13.1. The Morgan fingerprint density at radius 2 is 1.81 bits per heavy atom. The largest absolute Gasteiger partial charge is 0.292 e. The maximum Gasteiger partial charge on any atom is 0.0770 e. The van der Waals surface area contributed by atoms with Crippen LogP contribution >= 0.6 is 0 Å². The van der Waals surface area contributed by atoms with Crippen molar-refractivity contribution in [3.63, 3.8) is 0 Å². The van der Waals surface area contributed by atoms with Gasteiger partial charge < -0.3 is 0 Å². The van der Waals surface area contributed by atoms with E-state index >= 15 is 0 Å². The molecule has 1 aromatic rings. The molecule has 1 heterocycles. The van der Waals surface area contributed by atoms with E-state index in [0.717, 1.165) is 37.6 Å². The van der Waals surface area contributed by atoms with E-state index in [9.17, 15) is 0 Å². The minimum atomic E-state index is 0.383. The second-order valence-electron chi connectivity index (χ2n) is 10.3. The Morgan fingerprint density at radius 1 is 1.06 bits per heavy atom. The van der Waals surface area contributed by atoms with Gasteiger partial charge in [-0.15, -0.1) is 6.58 Å². The molecule has 2 unspecified atom stereocenters. The van der Waals surface area contributed by atoms with E-state index in [0.29, 0.717) is 12.0 Å². The molecule has 0 spiro atoms. The van der Waals surface area contributed by atoms with Crippen LogP contribution in [0.5, 0.6) is 0 Å². The van der Waals surface area contributed by atoms with Crippen molar-refractivity contribution in [1.82, 2.24) is 5.01 Å². The van der Waals surface area contributed by atoms with Crippen molar-refractivity contribution in [3.05, 3.63) is 71.8 Å². The average molecular weight is 431 g/mol. The Kier molecular flexibility index (Phi) is 8.05. The van der Waals surface area contributed by atoms with Crippen LogP contribution in [0.15, 0.2) is 71.4 Å². The molecule has 0 saturated heterocycles. The summed E-state index contributed by atoms with van der Waals surface area (Å²) in [7, 11) is 0. The molecule has 0 N–H and O–H groups in total. The third-order valence-corrected chi connectivity index (χ3v) is 7.79. The van der Waals surface area contributed by atoms with Gasteiger partial charge in [0.25, 0.3) is 0 Å². The fraction of sp³-hybridized carbons (Fsp3) is 0.567. The van der Waals surface area contributed by atoms with Crippen LogP contribution in [0, 0.1) is 11.8 Å². The van der Waals surface area contributed by atoms with Gasteiger partial charge in [0.15, 0.2) is 0 Å². The van der Waals surface area contributed by atoms with Crippen molar-refractivity contribution in [1.29, 1.82) is 0 Å². The van der Waals surface area contributed by atoms with Crippen molar-refractivity contribution in [2.45, 2.75) is 90.0 Å². The molecule has 1 saturated carbocycles. The van der Waals surface area contributed by atoms with Crippen molar-refractivity contribution in [3.8, 4) is 0 Å². The zero-order chi connectivity index (χ0) is 22.3. The summed E-state index contributed by atoms with van der Waals surface area (Å²) in [6.07, 6.45) is 19.9. The first kappa shape index (κ1) is 23.1. The lowest BCUT2D eigenvalue weighted by molar-refractivity contribution is 0.146. The topological polar surface area (TPSA) is 15.6 Å². The van der Waals surface area contributed by atoms with Crippen LogP contribution in [0.2, 0.25) is 0 Å². The zero-order valence-corrected chi connectivity index (χ0v) is 20.3. The first-order chi connectivity index (χ1) is 15.7. The molecule has 0 bridgehead atoms. The van der Waals surface area contributed by atoms with Gasteiger partial charge in [-0.3, -0.25) is 5.01 Å². The summed E-state index contributed by atoms with van der Waals surface area (Å²) in [5, 5.41) is 7.81. The Balaban J connectivity index is 1.44. The molecule has 1 aromatic carbocycles. The molecule has 0 amide bonds. The predicted octanol–water partition coefficient (Wildman–Crippen LogP) is 8.05. The van der Waals surface area contributed by atoms with E-state index in [4.69, 9.17) is 5.10 Å². The van der Waals surface area contributed by atoms with E-state index < -0.39 is 0 Å². The summed E-state index contributed by atoms with van der Waals surface area (Å²) in [5.74, 6) is 2.10. The summed E-state index contributed by atoms with van der Waals surface area (Å²) in [6, 6.07) is 11.6. The van der Waals surface area contributed by atoms with E-state index in [2.05, 4.69) is 74.0 Å². The summed E-state index contributed by atoms with van der Waals surface area (Å²) in [5.41, 5.74) is 5.41. The van der Waals surface area contributed by atoms with Gasteiger partial charge in [0.2, 0.25) is 0 Å². The average Bonchev–Trinajstić information content (AvgIpc) is 3.19. The fourth-order valence-electron chi connectivity index (χ4n) is 5.99. The molecule has 2 nitrogen and oxygen atoms in total. The maximum absolute atomic E-state index is 5.32. The smallest absolute Gasteiger partial charge is 0.0770 e. The number of allylic oxidation sites excluding steroid dienone is 5. The molecule has 2 atom stereocenters. The van der Waals surface area contributed by atoms with Crippen LogP contribution in [0.1, 0.15) is 89.5 Å². The number of hydrogen-bond acceptors (Lipinski definition) is 2. The molecule has 0 aromatic heterocycles. The van der Waals surface area contributed by atoms with E-state index in [1.54, 1.807) is 0 Å². The number of hydrogen-bond donors (Lipinski definition) is 0. The molecule has 1 fully saturated rings. The third-order valence-electron chi connectivity index (χ3n) is 7.79. The van der Waals surface area contributed by atoms with Gasteiger partial charge >= 0.3 is 0 Å². The van der Waals surface area contributed by atoms with Gasteiger partial charge in [-0.25, -0.2) is 0 Å². The van der Waals surface area contributed by atoms with Crippen LogP contribution in [-0.4, -0.2) is 23.3 Å². The minimum Gasteiger partial charge on any atom is -0.292 e. The van der Waals surface area contributed by atoms with Gasteiger partial charge in [-0.1, -0.05) is 80.3 Å². The number of benzene rings is 1. The highest BCUT2D eigenvalue weighted by Gasteiger charge is 2.39. The molecular formula is C30H42N2. The summed E-state index contributed by atoms with van der Waals surface area (Å²) < 4.78 is 0. The predicted molar refractivity (Wildman–Crippen MR) is 138 cm³/mol. The zero-order valence-electron chi connectivity index (χ0n) is 20.3. The second kappa shape index (κ2) is 11.2. The van der Waals surface area contributed by atoms with Crippen LogP contribution in [0.25, 0.3) is 0 Å². The lowest BCUT2D eigenvalue weighted by atomic mass is 9.79. The number of nitrogens with zero attached hydrogens (tertiary/aromatic N) is 2. The fourth-order valence-corrected chi connectivity index (χ4v) is 5.99. The van der Waals surface area contributed by atoms with E-state index in [-0.39, 0.29) is 0 Å². The third kappa shape index (κ3) is 5.63. The standard InChI is InChI=1S/C30H42N2/c1-4-28-29(26-14-7-5-8-15-26)30(27-16-9-6-10-17-27)31-32(28)22-25-20-18-24(19-21-25)13-11-12-23(2)3/h5,7-9,14-17,24-25,28-29H,2,4,6,10-13,18-22H2,1,3H3. The maximum atomic E-state index is 5.32. The molecule has 4 rings (SSSR count). The van der Waals surface area contributed by atoms with E-state index in [1.165, 1.54) is 67.4 Å². The van der Waals surface area contributed by atoms with Gasteiger partial charge in [0, 0.05) is 6.54 Å². The second-order valence-corrected chi connectivity index (χ2v) is 10.3. The summed E-state index contributed by atoms with van der Waals surface area (Å²) in [4.78, 5) is 0. The Bertz CT molecular complexity index is 839. The summed E-state index contributed by atoms with van der Waals surface area (Å²) >= 11 is 0. The highest BCUT2D eigenvalue weighted by molar-refractivity contribution is 6.08.